The molecule has 184 valence electrons. The number of hydrogen-bond donors (Lipinski definition) is 2. The van der Waals surface area contributed by atoms with Crippen molar-refractivity contribution in [2.45, 2.75) is 45.2 Å². The van der Waals surface area contributed by atoms with E-state index in [4.69, 9.17) is 0 Å². The summed E-state index contributed by atoms with van der Waals surface area (Å²) in [6, 6.07) is 26.8. The van der Waals surface area contributed by atoms with E-state index in [0.717, 1.165) is 23.7 Å². The Hall–Kier alpha value is -3.86. The van der Waals surface area contributed by atoms with E-state index in [9.17, 15) is 14.7 Å². The van der Waals surface area contributed by atoms with Crippen LogP contribution >= 0.6 is 0 Å². The summed E-state index contributed by atoms with van der Waals surface area (Å²) < 4.78 is 2.14. The van der Waals surface area contributed by atoms with E-state index in [1.807, 2.05) is 49.5 Å². The van der Waals surface area contributed by atoms with Gasteiger partial charge in [0.25, 0.3) is 5.91 Å². The molecule has 2 N–H and O–H groups in total. The third-order valence-electron chi connectivity index (χ3n) is 7.63. The number of amides is 1. The lowest BCUT2D eigenvalue weighted by Gasteiger charge is -2.31. The highest BCUT2D eigenvalue weighted by Crippen LogP contribution is 2.31. The van der Waals surface area contributed by atoms with Crippen molar-refractivity contribution in [1.29, 1.82) is 0 Å². The number of carbonyl (C=O) groups excluding carboxylic acids is 1. The average molecular weight is 481 g/mol. The van der Waals surface area contributed by atoms with Gasteiger partial charge in [0, 0.05) is 24.2 Å². The Kier molecular flexibility index (Phi) is 6.90. The van der Waals surface area contributed by atoms with E-state index in [0.29, 0.717) is 30.9 Å². The van der Waals surface area contributed by atoms with Crippen LogP contribution < -0.4 is 5.32 Å². The number of carbonyl (C=O) groups is 2. The number of benzene rings is 3. The maximum Gasteiger partial charge on any atom is 0.306 e. The van der Waals surface area contributed by atoms with E-state index in [1.165, 1.54) is 16.7 Å². The molecule has 3 aromatic carbocycles. The Morgan fingerprint density at radius 2 is 1.58 bits per heavy atom. The van der Waals surface area contributed by atoms with Crippen LogP contribution in [0.15, 0.2) is 85.1 Å². The lowest BCUT2D eigenvalue weighted by molar-refractivity contribution is -0.143. The monoisotopic (exact) mass is 480 g/mol. The SMILES string of the molecule is CC(NC(=O)c1cccc2ccn(Cc3ccc(-c4ccccc4)cc3)c12)C1CCC(C(=O)O)CC1. The lowest BCUT2D eigenvalue weighted by Crippen LogP contribution is -2.40. The van der Waals surface area contributed by atoms with E-state index >= 15 is 0 Å². The van der Waals surface area contributed by atoms with Crippen LogP contribution in [0.1, 0.15) is 48.5 Å². The maximum atomic E-state index is 13.4. The van der Waals surface area contributed by atoms with Gasteiger partial charge in [0.15, 0.2) is 0 Å². The minimum Gasteiger partial charge on any atom is -0.481 e. The van der Waals surface area contributed by atoms with Gasteiger partial charge in [-0.25, -0.2) is 0 Å². The second kappa shape index (κ2) is 10.4. The van der Waals surface area contributed by atoms with Crippen molar-refractivity contribution in [2.75, 3.05) is 0 Å². The molecule has 5 heteroatoms. The third-order valence-corrected chi connectivity index (χ3v) is 7.63. The van der Waals surface area contributed by atoms with Gasteiger partial charge in [-0.05, 0) is 67.3 Å². The summed E-state index contributed by atoms with van der Waals surface area (Å²) in [5.41, 5.74) is 5.16. The summed E-state index contributed by atoms with van der Waals surface area (Å²) in [7, 11) is 0. The molecule has 0 saturated heterocycles. The summed E-state index contributed by atoms with van der Waals surface area (Å²) in [5.74, 6) is -0.721. The molecule has 1 aliphatic carbocycles. The fourth-order valence-electron chi connectivity index (χ4n) is 5.47. The van der Waals surface area contributed by atoms with Crippen molar-refractivity contribution >= 4 is 22.8 Å². The van der Waals surface area contributed by atoms with Crippen LogP contribution in [-0.4, -0.2) is 27.6 Å². The van der Waals surface area contributed by atoms with Gasteiger partial charge in [-0.2, -0.15) is 0 Å². The summed E-state index contributed by atoms with van der Waals surface area (Å²) in [6.07, 6.45) is 5.07. The molecule has 0 radical (unpaired) electrons. The molecule has 1 atom stereocenters. The molecule has 1 aromatic heterocycles. The predicted molar refractivity (Wildman–Crippen MR) is 143 cm³/mol. The minimum absolute atomic E-state index is 0.00329. The van der Waals surface area contributed by atoms with E-state index in [2.05, 4.69) is 52.3 Å². The highest BCUT2D eigenvalue weighted by molar-refractivity contribution is 6.06. The zero-order valence-corrected chi connectivity index (χ0v) is 20.6. The predicted octanol–water partition coefficient (Wildman–Crippen LogP) is 6.37. The highest BCUT2D eigenvalue weighted by Gasteiger charge is 2.29. The van der Waals surface area contributed by atoms with Crippen LogP contribution in [0.25, 0.3) is 22.0 Å². The first-order chi connectivity index (χ1) is 17.5. The van der Waals surface area contributed by atoms with Crippen molar-refractivity contribution in [1.82, 2.24) is 9.88 Å². The lowest BCUT2D eigenvalue weighted by atomic mass is 9.79. The number of nitrogens with one attached hydrogen (secondary N) is 1. The number of carboxylic acid groups (broad SMARTS) is 1. The molecule has 1 aliphatic rings. The summed E-state index contributed by atoms with van der Waals surface area (Å²) in [4.78, 5) is 24.6. The van der Waals surface area contributed by atoms with Crippen LogP contribution in [0.5, 0.6) is 0 Å². The van der Waals surface area contributed by atoms with Crippen LogP contribution in [0.4, 0.5) is 0 Å². The summed E-state index contributed by atoms with van der Waals surface area (Å²) >= 11 is 0. The fraction of sp³-hybridized carbons (Fsp3) is 0.290. The van der Waals surface area contributed by atoms with Gasteiger partial charge in [-0.3, -0.25) is 9.59 Å². The highest BCUT2D eigenvalue weighted by atomic mass is 16.4. The molecule has 1 unspecified atom stereocenters. The molecule has 5 nitrogen and oxygen atoms in total. The Labute approximate surface area is 211 Å². The van der Waals surface area contributed by atoms with Crippen molar-refractivity contribution in [3.05, 3.63) is 96.2 Å². The zero-order chi connectivity index (χ0) is 25.1. The van der Waals surface area contributed by atoms with Gasteiger partial charge < -0.3 is 15.0 Å². The molecule has 1 saturated carbocycles. The van der Waals surface area contributed by atoms with Gasteiger partial charge in [0.05, 0.1) is 17.0 Å². The Balaban J connectivity index is 1.31. The molecule has 36 heavy (non-hydrogen) atoms. The molecular formula is C31H32N2O3. The van der Waals surface area contributed by atoms with Crippen LogP contribution in [0, 0.1) is 11.8 Å². The van der Waals surface area contributed by atoms with Crippen LogP contribution in [0.2, 0.25) is 0 Å². The molecule has 4 aromatic rings. The Morgan fingerprint density at radius 1 is 0.889 bits per heavy atom. The molecule has 1 amide bonds. The number of para-hydroxylation sites is 1. The van der Waals surface area contributed by atoms with Crippen molar-refractivity contribution < 1.29 is 14.7 Å². The topological polar surface area (TPSA) is 71.3 Å². The first-order valence-electron chi connectivity index (χ1n) is 12.8. The number of carboxylic acids is 1. The second-order valence-corrected chi connectivity index (χ2v) is 9.96. The van der Waals surface area contributed by atoms with E-state index in [1.54, 1.807) is 0 Å². The normalized spacial score (nSPS) is 18.6. The largest absolute Gasteiger partial charge is 0.481 e. The van der Waals surface area contributed by atoms with Crippen molar-refractivity contribution in [3.63, 3.8) is 0 Å². The second-order valence-electron chi connectivity index (χ2n) is 9.96. The number of hydrogen-bond acceptors (Lipinski definition) is 2. The first-order valence-corrected chi connectivity index (χ1v) is 12.8. The number of fused-ring (bicyclic) bond motifs is 1. The zero-order valence-electron chi connectivity index (χ0n) is 20.6. The molecule has 0 spiro atoms. The van der Waals surface area contributed by atoms with Crippen LogP contribution in [0.3, 0.4) is 0 Å². The van der Waals surface area contributed by atoms with Crippen molar-refractivity contribution in [3.8, 4) is 11.1 Å². The Bertz CT molecular complexity index is 1350. The van der Waals surface area contributed by atoms with Gasteiger partial charge in [0.1, 0.15) is 0 Å². The molecule has 5 rings (SSSR count). The number of rotatable bonds is 7. The van der Waals surface area contributed by atoms with Gasteiger partial charge in [-0.1, -0.05) is 66.7 Å². The molecule has 1 fully saturated rings. The summed E-state index contributed by atoms with van der Waals surface area (Å²) in [5, 5.41) is 13.5. The number of nitrogens with zero attached hydrogens (tertiary/aromatic N) is 1. The van der Waals surface area contributed by atoms with Gasteiger partial charge in [0.2, 0.25) is 0 Å². The van der Waals surface area contributed by atoms with E-state index < -0.39 is 5.97 Å². The average Bonchev–Trinajstić information content (AvgIpc) is 3.32. The van der Waals surface area contributed by atoms with Crippen molar-refractivity contribution in [2.24, 2.45) is 11.8 Å². The molecule has 0 aliphatic heterocycles. The van der Waals surface area contributed by atoms with E-state index in [-0.39, 0.29) is 17.9 Å². The number of aromatic nitrogens is 1. The maximum absolute atomic E-state index is 13.4. The first kappa shape index (κ1) is 23.9. The Morgan fingerprint density at radius 3 is 2.28 bits per heavy atom. The molecule has 0 bridgehead atoms. The third kappa shape index (κ3) is 5.06. The van der Waals surface area contributed by atoms with Gasteiger partial charge in [-0.15, -0.1) is 0 Å². The van der Waals surface area contributed by atoms with Crippen LogP contribution in [-0.2, 0) is 11.3 Å². The fourth-order valence-corrected chi connectivity index (χ4v) is 5.47. The smallest absolute Gasteiger partial charge is 0.306 e. The molecule has 1 heterocycles. The standard InChI is InChI=1S/C31H32N2O3/c1-21(23-14-16-27(17-15-23)31(35)36)32-30(34)28-9-5-8-26-18-19-33(29(26)28)20-22-10-12-25(13-11-22)24-6-3-2-4-7-24/h2-13,18-19,21,23,27H,14-17,20H2,1H3,(H,32,34)(H,35,36). The quantitative estimate of drug-likeness (QED) is 0.323. The van der Waals surface area contributed by atoms with Gasteiger partial charge >= 0.3 is 5.97 Å². The molecular weight excluding hydrogens is 448 g/mol. The summed E-state index contributed by atoms with van der Waals surface area (Å²) in [6.45, 7) is 2.72. The number of aliphatic carboxylic acids is 1. The minimum atomic E-state index is -0.702.